The average molecular weight is 376 g/mol. The van der Waals surface area contributed by atoms with E-state index < -0.39 is 21.9 Å². The molecule has 4 rings (SSSR count). The molecule has 0 spiro atoms. The zero-order valence-corrected chi connectivity index (χ0v) is 15.4. The Morgan fingerprint density at radius 1 is 1.15 bits per heavy atom. The standard InChI is InChI=1S/C17H20N4O4S/c1-10-3-4-13-12(7-10)16(19-18-13)17(23)21-6-5-20(11(2)22)14-8-26(24,25)9-15(14)21/h3-4,7,14-15H,5-6,8-9H2,1-2H3,(H,18,19)/t14-,15+/m1/s1. The van der Waals surface area contributed by atoms with Crippen LogP contribution in [0.3, 0.4) is 0 Å². The van der Waals surface area contributed by atoms with Crippen molar-refractivity contribution in [2.45, 2.75) is 25.9 Å². The van der Waals surface area contributed by atoms with Gasteiger partial charge in [-0.25, -0.2) is 8.42 Å². The van der Waals surface area contributed by atoms with Gasteiger partial charge in [-0.1, -0.05) is 11.6 Å². The van der Waals surface area contributed by atoms with Crippen LogP contribution in [0.1, 0.15) is 23.0 Å². The van der Waals surface area contributed by atoms with Gasteiger partial charge in [0.05, 0.1) is 29.1 Å². The first-order chi connectivity index (χ1) is 12.3. The predicted octanol–water partition coefficient (Wildman–Crippen LogP) is 0.341. The van der Waals surface area contributed by atoms with Crippen LogP contribution in [0.4, 0.5) is 0 Å². The molecule has 0 aliphatic carbocycles. The van der Waals surface area contributed by atoms with E-state index in [-0.39, 0.29) is 23.3 Å². The van der Waals surface area contributed by atoms with Gasteiger partial charge >= 0.3 is 0 Å². The lowest BCUT2D eigenvalue weighted by Gasteiger charge is -2.43. The molecule has 2 amide bonds. The first-order valence-electron chi connectivity index (χ1n) is 8.50. The third-order valence-corrected chi connectivity index (χ3v) is 6.96. The number of H-pyrrole nitrogens is 1. The van der Waals surface area contributed by atoms with Gasteiger partial charge < -0.3 is 9.80 Å². The van der Waals surface area contributed by atoms with Crippen LogP contribution in [-0.2, 0) is 14.6 Å². The van der Waals surface area contributed by atoms with Crippen molar-refractivity contribution < 1.29 is 18.0 Å². The van der Waals surface area contributed by atoms with Gasteiger partial charge in [0.25, 0.3) is 5.91 Å². The summed E-state index contributed by atoms with van der Waals surface area (Å²) in [5, 5.41) is 7.75. The van der Waals surface area contributed by atoms with Crippen LogP contribution in [0, 0.1) is 6.92 Å². The first kappa shape index (κ1) is 17.0. The number of hydrogen-bond donors (Lipinski definition) is 1. The summed E-state index contributed by atoms with van der Waals surface area (Å²) in [6.07, 6.45) is 0. The Morgan fingerprint density at radius 3 is 2.50 bits per heavy atom. The van der Waals surface area contributed by atoms with E-state index in [1.54, 1.807) is 9.80 Å². The highest BCUT2D eigenvalue weighted by Gasteiger charge is 2.49. The first-order valence-corrected chi connectivity index (χ1v) is 10.3. The molecule has 2 aliphatic rings. The molecule has 26 heavy (non-hydrogen) atoms. The third-order valence-electron chi connectivity index (χ3n) is 5.26. The lowest BCUT2D eigenvalue weighted by molar-refractivity contribution is -0.133. The van der Waals surface area contributed by atoms with Crippen LogP contribution in [0.15, 0.2) is 18.2 Å². The Kier molecular flexibility index (Phi) is 3.80. The smallest absolute Gasteiger partial charge is 0.275 e. The summed E-state index contributed by atoms with van der Waals surface area (Å²) in [6.45, 7) is 4.00. The summed E-state index contributed by atoms with van der Waals surface area (Å²) in [6, 6.07) is 4.68. The van der Waals surface area contributed by atoms with Crippen molar-refractivity contribution in [1.82, 2.24) is 20.0 Å². The SMILES string of the molecule is CC(=O)N1CCN(C(=O)c2n[nH]c3ccc(C)cc23)[C@H]2CS(=O)(=O)C[C@H]21. The lowest BCUT2D eigenvalue weighted by atomic mass is 10.0. The van der Waals surface area contributed by atoms with Crippen LogP contribution >= 0.6 is 0 Å². The Balaban J connectivity index is 1.71. The van der Waals surface area contributed by atoms with Crippen LogP contribution in [0.2, 0.25) is 0 Å². The predicted molar refractivity (Wildman–Crippen MR) is 95.5 cm³/mol. The van der Waals surface area contributed by atoms with E-state index in [9.17, 15) is 18.0 Å². The number of carbonyl (C=O) groups is 2. The van der Waals surface area contributed by atoms with Gasteiger partial charge in [-0.05, 0) is 19.1 Å². The van der Waals surface area contributed by atoms with Gasteiger partial charge in [0.2, 0.25) is 5.91 Å². The number of aromatic nitrogens is 2. The number of rotatable bonds is 1. The topological polar surface area (TPSA) is 103 Å². The molecule has 1 aromatic heterocycles. The van der Waals surface area contributed by atoms with E-state index in [2.05, 4.69) is 10.2 Å². The van der Waals surface area contributed by atoms with Crippen LogP contribution in [-0.4, -0.2) is 76.9 Å². The molecule has 2 atom stereocenters. The second-order valence-electron chi connectivity index (χ2n) is 7.04. The largest absolute Gasteiger partial charge is 0.335 e. The second kappa shape index (κ2) is 5.80. The van der Waals surface area contributed by atoms with Gasteiger partial charge in [0.15, 0.2) is 15.5 Å². The molecular weight excluding hydrogens is 356 g/mol. The Labute approximate surface area is 151 Å². The van der Waals surface area contributed by atoms with Crippen molar-refractivity contribution >= 4 is 32.6 Å². The van der Waals surface area contributed by atoms with Gasteiger partial charge in [-0.2, -0.15) is 5.10 Å². The van der Waals surface area contributed by atoms with E-state index >= 15 is 0 Å². The summed E-state index contributed by atoms with van der Waals surface area (Å²) in [5.74, 6) is -0.669. The molecule has 9 heteroatoms. The fourth-order valence-corrected chi connectivity index (χ4v) is 6.00. The summed E-state index contributed by atoms with van der Waals surface area (Å²) in [5.41, 5.74) is 2.07. The Hall–Kier alpha value is -2.42. The molecule has 0 radical (unpaired) electrons. The molecule has 2 aromatic rings. The number of carbonyl (C=O) groups excluding carboxylic acids is 2. The number of piperazine rings is 1. The molecule has 8 nitrogen and oxygen atoms in total. The van der Waals surface area contributed by atoms with Crippen molar-refractivity contribution in [2.75, 3.05) is 24.6 Å². The van der Waals surface area contributed by atoms with Gasteiger partial charge in [-0.3, -0.25) is 14.7 Å². The molecular formula is C17H20N4O4S. The molecule has 0 saturated carbocycles. The number of hydrogen-bond acceptors (Lipinski definition) is 5. The monoisotopic (exact) mass is 376 g/mol. The van der Waals surface area contributed by atoms with Crippen LogP contribution in [0.5, 0.6) is 0 Å². The lowest BCUT2D eigenvalue weighted by Crippen LogP contribution is -2.61. The number of aromatic amines is 1. The van der Waals surface area contributed by atoms with Gasteiger partial charge in [0.1, 0.15) is 0 Å². The summed E-state index contributed by atoms with van der Waals surface area (Å²) >= 11 is 0. The quantitative estimate of drug-likeness (QED) is 0.773. The zero-order valence-electron chi connectivity index (χ0n) is 14.6. The second-order valence-corrected chi connectivity index (χ2v) is 9.20. The van der Waals surface area contributed by atoms with Crippen molar-refractivity contribution in [3.8, 4) is 0 Å². The third kappa shape index (κ3) is 2.66. The maximum atomic E-state index is 13.2. The number of amides is 2. The van der Waals surface area contributed by atoms with E-state index in [4.69, 9.17) is 0 Å². The molecule has 1 aromatic carbocycles. The molecule has 2 fully saturated rings. The maximum Gasteiger partial charge on any atom is 0.275 e. The zero-order chi connectivity index (χ0) is 18.6. The molecule has 2 saturated heterocycles. The number of aryl methyl sites for hydroxylation is 1. The Morgan fingerprint density at radius 2 is 1.81 bits per heavy atom. The number of fused-ring (bicyclic) bond motifs is 2. The molecule has 0 unspecified atom stereocenters. The van der Waals surface area contributed by atoms with Gasteiger partial charge in [-0.15, -0.1) is 0 Å². The maximum absolute atomic E-state index is 13.2. The fourth-order valence-electron chi connectivity index (χ4n) is 4.02. The molecule has 0 bridgehead atoms. The fraction of sp³-hybridized carbons (Fsp3) is 0.471. The minimum Gasteiger partial charge on any atom is -0.335 e. The normalized spacial score (nSPS) is 24.7. The molecule has 138 valence electrons. The highest BCUT2D eigenvalue weighted by Crippen LogP contribution is 2.29. The summed E-state index contributed by atoms with van der Waals surface area (Å²) < 4.78 is 24.4. The minimum absolute atomic E-state index is 0.0958. The van der Waals surface area contributed by atoms with E-state index in [1.165, 1.54) is 6.92 Å². The van der Waals surface area contributed by atoms with Crippen molar-refractivity contribution in [3.63, 3.8) is 0 Å². The van der Waals surface area contributed by atoms with Crippen molar-refractivity contribution in [3.05, 3.63) is 29.5 Å². The Bertz CT molecular complexity index is 1010. The van der Waals surface area contributed by atoms with Crippen LogP contribution < -0.4 is 0 Å². The average Bonchev–Trinajstić information content (AvgIpc) is 3.11. The van der Waals surface area contributed by atoms with E-state index in [0.717, 1.165) is 16.5 Å². The number of benzene rings is 1. The van der Waals surface area contributed by atoms with Crippen molar-refractivity contribution in [1.29, 1.82) is 0 Å². The molecule has 3 heterocycles. The van der Waals surface area contributed by atoms with E-state index in [0.29, 0.717) is 18.8 Å². The van der Waals surface area contributed by atoms with Crippen LogP contribution in [0.25, 0.3) is 10.9 Å². The number of sulfone groups is 1. The highest BCUT2D eigenvalue weighted by atomic mass is 32.2. The number of nitrogens with one attached hydrogen (secondary N) is 1. The minimum atomic E-state index is -3.30. The summed E-state index contributed by atoms with van der Waals surface area (Å²) in [4.78, 5) is 28.2. The number of nitrogens with zero attached hydrogens (tertiary/aromatic N) is 3. The molecule has 2 aliphatic heterocycles. The van der Waals surface area contributed by atoms with Gasteiger partial charge in [0, 0.05) is 25.4 Å². The van der Waals surface area contributed by atoms with E-state index in [1.807, 2.05) is 25.1 Å². The highest BCUT2D eigenvalue weighted by molar-refractivity contribution is 7.91. The van der Waals surface area contributed by atoms with Crippen molar-refractivity contribution in [2.24, 2.45) is 0 Å². The summed E-state index contributed by atoms with van der Waals surface area (Å²) in [7, 11) is -3.30. The molecule has 1 N–H and O–H groups in total.